The van der Waals surface area contributed by atoms with Crippen molar-refractivity contribution in [2.75, 3.05) is 13.2 Å². The molecule has 2 aliphatic heterocycles. The number of aromatic hydroxyl groups is 1. The van der Waals surface area contributed by atoms with Crippen LogP contribution in [0.3, 0.4) is 0 Å². The van der Waals surface area contributed by atoms with Gasteiger partial charge in [0.2, 0.25) is 11.8 Å². The van der Waals surface area contributed by atoms with E-state index in [0.717, 1.165) is 5.56 Å². The van der Waals surface area contributed by atoms with E-state index >= 15 is 0 Å². The monoisotopic (exact) mass is 290 g/mol. The Balaban J connectivity index is 1.70. The summed E-state index contributed by atoms with van der Waals surface area (Å²) in [5, 5.41) is 15.0. The second-order valence-corrected chi connectivity index (χ2v) is 5.58. The molecule has 1 aromatic rings. The number of amides is 2. The summed E-state index contributed by atoms with van der Waals surface area (Å²) in [6.07, 6.45) is 1.43. The highest BCUT2D eigenvalue weighted by atomic mass is 16.5. The van der Waals surface area contributed by atoms with Gasteiger partial charge in [-0.3, -0.25) is 9.59 Å². The quantitative estimate of drug-likeness (QED) is 0.721. The molecule has 0 aromatic heterocycles. The molecule has 0 unspecified atom stereocenters. The van der Waals surface area contributed by atoms with Gasteiger partial charge in [-0.2, -0.15) is 0 Å². The summed E-state index contributed by atoms with van der Waals surface area (Å²) in [6, 6.07) is 6.05. The van der Waals surface area contributed by atoms with E-state index in [-0.39, 0.29) is 17.6 Å². The number of hydrogen-bond acceptors (Lipinski definition) is 4. The molecule has 6 nitrogen and oxygen atoms in total. The molecule has 2 amide bonds. The third kappa shape index (κ3) is 2.71. The third-order valence-corrected chi connectivity index (χ3v) is 4.14. The molecular formula is C15H18N2O4. The topological polar surface area (TPSA) is 87.7 Å². The minimum absolute atomic E-state index is 0.130. The first-order chi connectivity index (χ1) is 10.1. The van der Waals surface area contributed by atoms with Crippen molar-refractivity contribution in [2.45, 2.75) is 30.8 Å². The zero-order valence-electron chi connectivity index (χ0n) is 11.6. The van der Waals surface area contributed by atoms with Crippen LogP contribution in [0, 0.1) is 0 Å². The molecule has 2 aliphatic rings. The Hall–Kier alpha value is -2.08. The largest absolute Gasteiger partial charge is 0.508 e. The van der Waals surface area contributed by atoms with E-state index in [2.05, 4.69) is 10.6 Å². The molecule has 2 heterocycles. The highest BCUT2D eigenvalue weighted by molar-refractivity contribution is 6.00. The molecule has 0 aliphatic carbocycles. The zero-order chi connectivity index (χ0) is 14.9. The number of ether oxygens (including phenoxy) is 1. The fourth-order valence-corrected chi connectivity index (χ4v) is 2.83. The van der Waals surface area contributed by atoms with Crippen LogP contribution in [0.4, 0.5) is 0 Å². The van der Waals surface area contributed by atoms with Crippen LogP contribution in [0.1, 0.15) is 18.4 Å². The van der Waals surface area contributed by atoms with Crippen molar-refractivity contribution in [1.29, 1.82) is 0 Å². The Morgan fingerprint density at radius 2 is 1.86 bits per heavy atom. The van der Waals surface area contributed by atoms with Gasteiger partial charge in [0.15, 0.2) is 0 Å². The second-order valence-electron chi connectivity index (χ2n) is 5.58. The van der Waals surface area contributed by atoms with Gasteiger partial charge >= 0.3 is 0 Å². The lowest BCUT2D eigenvalue weighted by atomic mass is 9.85. The average molecular weight is 290 g/mol. The third-order valence-electron chi connectivity index (χ3n) is 4.14. The molecule has 2 saturated heterocycles. The van der Waals surface area contributed by atoms with Gasteiger partial charge in [-0.05, 0) is 17.7 Å². The molecule has 1 atom stereocenters. The Bertz CT molecular complexity index is 549. The number of carbonyl (C=O) groups is 2. The van der Waals surface area contributed by atoms with Crippen molar-refractivity contribution < 1.29 is 19.4 Å². The summed E-state index contributed by atoms with van der Waals surface area (Å²) < 4.78 is 5.26. The van der Waals surface area contributed by atoms with E-state index in [0.29, 0.717) is 32.5 Å². The Labute approximate surface area is 122 Å². The number of nitrogens with one attached hydrogen (secondary N) is 2. The molecule has 1 spiro atoms. The maximum Gasteiger partial charge on any atom is 0.246 e. The van der Waals surface area contributed by atoms with Gasteiger partial charge < -0.3 is 20.5 Å². The molecule has 1 aromatic carbocycles. The minimum Gasteiger partial charge on any atom is -0.508 e. The number of rotatable bonds is 2. The van der Waals surface area contributed by atoms with Gasteiger partial charge in [0.1, 0.15) is 17.3 Å². The van der Waals surface area contributed by atoms with Crippen LogP contribution >= 0.6 is 0 Å². The first kappa shape index (κ1) is 13.9. The molecule has 6 heteroatoms. The predicted octanol–water partition coefficient (Wildman–Crippen LogP) is 0.0985. The number of phenolic OH excluding ortho intramolecular Hbond substituents is 1. The lowest BCUT2D eigenvalue weighted by Gasteiger charge is -2.42. The Kier molecular flexibility index (Phi) is 3.55. The van der Waals surface area contributed by atoms with Crippen molar-refractivity contribution >= 4 is 11.8 Å². The second kappa shape index (κ2) is 5.37. The number of carbonyl (C=O) groups excluding carboxylic acids is 2. The Morgan fingerprint density at radius 1 is 1.19 bits per heavy atom. The van der Waals surface area contributed by atoms with E-state index in [9.17, 15) is 14.7 Å². The van der Waals surface area contributed by atoms with E-state index in [1.165, 1.54) is 0 Å². The molecule has 0 saturated carbocycles. The highest BCUT2D eigenvalue weighted by Gasteiger charge is 2.47. The lowest BCUT2D eigenvalue weighted by molar-refractivity contribution is -0.145. The first-order valence-electron chi connectivity index (χ1n) is 7.08. The summed E-state index contributed by atoms with van der Waals surface area (Å²) in [7, 11) is 0. The van der Waals surface area contributed by atoms with Crippen molar-refractivity contribution in [1.82, 2.24) is 10.6 Å². The smallest absolute Gasteiger partial charge is 0.246 e. The SMILES string of the molecule is O=C1NC2(CCOCC2)C(=O)N[C@H]1Cc1ccc(O)cc1. The van der Waals surface area contributed by atoms with Gasteiger partial charge in [0, 0.05) is 32.5 Å². The highest BCUT2D eigenvalue weighted by Crippen LogP contribution is 2.24. The van der Waals surface area contributed by atoms with Crippen LogP contribution < -0.4 is 10.6 Å². The number of phenols is 1. The molecule has 112 valence electrons. The van der Waals surface area contributed by atoms with Crippen molar-refractivity contribution in [3.05, 3.63) is 29.8 Å². The van der Waals surface area contributed by atoms with Crippen LogP contribution in [-0.2, 0) is 20.7 Å². The van der Waals surface area contributed by atoms with Crippen LogP contribution in [0.5, 0.6) is 5.75 Å². The van der Waals surface area contributed by atoms with Gasteiger partial charge in [0.05, 0.1) is 0 Å². The fraction of sp³-hybridized carbons (Fsp3) is 0.467. The molecule has 0 bridgehead atoms. The summed E-state index contributed by atoms with van der Waals surface area (Å²) in [5.41, 5.74) is 0.0806. The lowest BCUT2D eigenvalue weighted by Crippen LogP contribution is -2.71. The van der Waals surface area contributed by atoms with Gasteiger partial charge in [-0.15, -0.1) is 0 Å². The normalized spacial score (nSPS) is 24.5. The average Bonchev–Trinajstić information content (AvgIpc) is 2.48. The van der Waals surface area contributed by atoms with E-state index < -0.39 is 11.6 Å². The van der Waals surface area contributed by atoms with Crippen molar-refractivity contribution in [3.8, 4) is 5.75 Å². The predicted molar refractivity (Wildman–Crippen MR) is 74.7 cm³/mol. The minimum atomic E-state index is -0.805. The van der Waals surface area contributed by atoms with E-state index in [1.807, 2.05) is 0 Å². The molecule has 3 rings (SSSR count). The Morgan fingerprint density at radius 3 is 2.52 bits per heavy atom. The van der Waals surface area contributed by atoms with Gasteiger partial charge in [0.25, 0.3) is 0 Å². The maximum absolute atomic E-state index is 12.4. The number of piperazine rings is 1. The summed E-state index contributed by atoms with van der Waals surface area (Å²) >= 11 is 0. The number of benzene rings is 1. The summed E-state index contributed by atoms with van der Waals surface area (Å²) in [4.78, 5) is 24.6. The maximum atomic E-state index is 12.4. The van der Waals surface area contributed by atoms with Crippen LogP contribution in [0.2, 0.25) is 0 Å². The van der Waals surface area contributed by atoms with Crippen LogP contribution in [0.25, 0.3) is 0 Å². The van der Waals surface area contributed by atoms with E-state index in [4.69, 9.17) is 4.74 Å². The molecule has 0 radical (unpaired) electrons. The standard InChI is InChI=1S/C15H18N2O4/c18-11-3-1-10(2-4-11)9-12-13(19)17-15(14(20)16-12)5-7-21-8-6-15/h1-4,12,18H,5-9H2,(H,16,20)(H,17,19)/t12-/m0/s1. The van der Waals surface area contributed by atoms with Crippen LogP contribution in [-0.4, -0.2) is 41.7 Å². The summed E-state index contributed by atoms with van der Waals surface area (Å²) in [6.45, 7) is 0.965. The van der Waals surface area contributed by atoms with Crippen molar-refractivity contribution in [2.24, 2.45) is 0 Å². The van der Waals surface area contributed by atoms with Gasteiger partial charge in [-0.25, -0.2) is 0 Å². The molecule has 3 N–H and O–H groups in total. The first-order valence-corrected chi connectivity index (χ1v) is 7.08. The molecule has 2 fully saturated rings. The molecular weight excluding hydrogens is 272 g/mol. The van der Waals surface area contributed by atoms with Gasteiger partial charge in [-0.1, -0.05) is 12.1 Å². The number of hydrogen-bond donors (Lipinski definition) is 3. The molecule has 21 heavy (non-hydrogen) atoms. The zero-order valence-corrected chi connectivity index (χ0v) is 11.6. The van der Waals surface area contributed by atoms with Crippen molar-refractivity contribution in [3.63, 3.8) is 0 Å². The van der Waals surface area contributed by atoms with E-state index in [1.54, 1.807) is 24.3 Å². The fourth-order valence-electron chi connectivity index (χ4n) is 2.83. The summed E-state index contributed by atoms with van der Waals surface area (Å²) in [5.74, 6) is -0.115. The van der Waals surface area contributed by atoms with Crippen LogP contribution in [0.15, 0.2) is 24.3 Å².